The molecule has 0 aliphatic carbocycles. The first-order chi connectivity index (χ1) is 49.3. The number of aliphatic hydroxyl groups excluding tert-OH is 1. The monoisotopic (exact) mass is 1480 g/mol. The first kappa shape index (κ1) is 87.6. The van der Waals surface area contributed by atoms with Crippen LogP contribution in [0.15, 0.2) is 9.98 Å². The van der Waals surface area contributed by atoms with Crippen LogP contribution >= 0.6 is 0 Å². The molecule has 0 aromatic heterocycles. The highest BCUT2D eigenvalue weighted by atomic mass is 16.4. The predicted molar refractivity (Wildman–Crippen MR) is 366 cm³/mol. The van der Waals surface area contributed by atoms with Gasteiger partial charge < -0.3 is 129 Å². The molecule has 3 aliphatic rings. The second-order valence-electron chi connectivity index (χ2n) is 25.0. The summed E-state index contributed by atoms with van der Waals surface area (Å²) in [5.41, 5.74) is 38.1. The van der Waals surface area contributed by atoms with E-state index in [1.807, 2.05) is 0 Å². The smallest absolute Gasteiger partial charge is 0.326 e. The second-order valence-corrected chi connectivity index (χ2v) is 25.0. The average Bonchev–Trinajstić information content (AvgIpc) is 1.69. The van der Waals surface area contributed by atoms with E-state index in [4.69, 9.17) is 40.1 Å². The molecule has 3 heterocycles. The number of likely N-dealkylation sites (tertiary alicyclic amines) is 3. The van der Waals surface area contributed by atoms with Gasteiger partial charge in [0.05, 0.1) is 45.8 Å². The zero-order valence-electron chi connectivity index (χ0n) is 58.4. The molecule has 0 aromatic carbocycles. The van der Waals surface area contributed by atoms with Crippen molar-refractivity contribution in [3.8, 4) is 0 Å². The van der Waals surface area contributed by atoms with Crippen molar-refractivity contribution < 1.29 is 96.8 Å². The number of nitrogens with one attached hydrogen (secondary N) is 11. The molecule has 43 nitrogen and oxygen atoms in total. The highest BCUT2D eigenvalue weighted by Gasteiger charge is 2.41. The summed E-state index contributed by atoms with van der Waals surface area (Å²) in [6.07, 6.45) is 0.876. The normalized spacial score (nSPS) is 17.6. The van der Waals surface area contributed by atoms with Gasteiger partial charge in [-0.1, -0.05) is 20.3 Å². The van der Waals surface area contributed by atoms with Crippen molar-refractivity contribution in [3.05, 3.63) is 0 Å². The molecule has 3 fully saturated rings. The topological polar surface area (TPSA) is 700 Å². The Bertz CT molecular complexity index is 3110. The fraction of sp³-hybridized carbons (Fsp3) is 0.689. The third-order valence-electron chi connectivity index (χ3n) is 17.2. The third kappa shape index (κ3) is 30.2. The maximum Gasteiger partial charge on any atom is 0.326 e. The van der Waals surface area contributed by atoms with Gasteiger partial charge in [0, 0.05) is 39.1 Å². The number of hydrogen-bond acceptors (Lipinski definition) is 22. The Morgan fingerprint density at radius 2 is 0.865 bits per heavy atom. The van der Waals surface area contributed by atoms with Crippen molar-refractivity contribution in [3.63, 3.8) is 0 Å². The highest BCUT2D eigenvalue weighted by Crippen LogP contribution is 2.21. The first-order valence-electron chi connectivity index (χ1n) is 34.2. The number of guanidine groups is 2. The average molecular weight is 1480 g/mol. The van der Waals surface area contributed by atoms with Crippen LogP contribution in [0, 0.1) is 5.92 Å². The van der Waals surface area contributed by atoms with E-state index < -0.39 is 219 Å². The zero-order valence-corrected chi connectivity index (χ0v) is 58.4. The van der Waals surface area contributed by atoms with Crippen molar-refractivity contribution in [1.82, 2.24) is 73.2 Å². The van der Waals surface area contributed by atoms with Gasteiger partial charge in [-0.15, -0.1) is 0 Å². The van der Waals surface area contributed by atoms with Gasteiger partial charge in [-0.3, -0.25) is 86.7 Å². The van der Waals surface area contributed by atoms with Crippen molar-refractivity contribution in [1.29, 1.82) is 0 Å². The van der Waals surface area contributed by atoms with E-state index in [9.17, 15) is 96.8 Å². The van der Waals surface area contributed by atoms with E-state index in [0.717, 1.165) is 9.80 Å². The zero-order chi connectivity index (χ0) is 77.8. The number of aliphatic imine (C=N–C) groups is 2. The molecule has 0 spiro atoms. The minimum Gasteiger partial charge on any atom is -0.481 e. The molecule has 582 valence electrons. The summed E-state index contributed by atoms with van der Waals surface area (Å²) < 4.78 is 0. The first-order valence-corrected chi connectivity index (χ1v) is 34.2. The molecular weight excluding hydrogens is 1370 g/mol. The van der Waals surface area contributed by atoms with E-state index in [1.54, 1.807) is 13.8 Å². The predicted octanol–water partition coefficient (Wildman–Crippen LogP) is -11.1. The number of nitrogens with zero attached hydrogens (tertiary/aromatic N) is 5. The number of primary amides is 1. The Morgan fingerprint density at radius 3 is 1.28 bits per heavy atom. The number of carboxylic acids is 2. The van der Waals surface area contributed by atoms with Crippen LogP contribution in [0.3, 0.4) is 0 Å². The van der Waals surface area contributed by atoms with E-state index in [0.29, 0.717) is 38.6 Å². The Hall–Kier alpha value is -10.6. The Balaban J connectivity index is 1.64. The second kappa shape index (κ2) is 45.4. The van der Waals surface area contributed by atoms with Crippen LogP contribution in [0.1, 0.15) is 123 Å². The minimum absolute atomic E-state index is 0.0119. The molecule has 0 saturated carbocycles. The fourth-order valence-corrected chi connectivity index (χ4v) is 11.4. The lowest BCUT2D eigenvalue weighted by molar-refractivity contribution is -0.143. The minimum atomic E-state index is -1.79. The van der Waals surface area contributed by atoms with Crippen molar-refractivity contribution in [2.24, 2.45) is 56.0 Å². The number of aliphatic carboxylic acids is 2. The van der Waals surface area contributed by atoms with Crippen molar-refractivity contribution >= 4 is 112 Å². The Labute approximate surface area is 598 Å². The van der Waals surface area contributed by atoms with Crippen LogP contribution < -0.4 is 98.6 Å². The molecule has 3 saturated heterocycles. The number of aliphatic hydroxyl groups is 1. The Kier molecular flexibility index (Phi) is 38.3. The molecule has 0 bridgehead atoms. The lowest BCUT2D eigenvalue weighted by Crippen LogP contribution is -2.58. The molecule has 0 aromatic rings. The molecule has 104 heavy (non-hydrogen) atoms. The standard InChI is InChI=1S/C61H103N23O20/c1-3-32(2)49(58(102)78-34(13-7-21-70-61(67)68)50(94)71-27-43(87)75-37(25-48(92)93)54(98)79-36(59(103)104)11-4-5-19-62)81-44(88)28-72-52(96)35(17-18-42(64)86)77-56(100)40-15-9-23-83(40)47(91)30-74-53(97)38(31-85)80-57(101)41-16-10-24-84(41)46(90)29-73-51(95)33(12-6-20-69-60(65)66)76-55(99)39-14-8-22-82(39)45(89)26-63/h32-41,49,85H,3-31,62-63H2,1-2H3,(H2,64,86)(H,71,94)(H,72,96)(H,73,95)(H,74,97)(H,75,87)(H,76,99)(H,77,100)(H,78,102)(H,79,98)(H,80,101)(H,81,88)(H,92,93)(H,103,104)(H4,65,66,69)(H4,67,68,70)/t32-,33-,34-,35-,36-,37-,38-,39-,40-,41-,49-/m0/s1. The van der Waals surface area contributed by atoms with Gasteiger partial charge in [-0.2, -0.15) is 0 Å². The largest absolute Gasteiger partial charge is 0.481 e. The number of amides is 15. The van der Waals surface area contributed by atoms with E-state index in [1.165, 1.54) is 4.90 Å². The SMILES string of the molecule is CC[C@H](C)[C@H](NC(=O)CNC(=O)[C@H](CCC(N)=O)NC(=O)[C@@H]1CCCN1C(=O)CNC(=O)[C@H](CO)NC(=O)[C@@H]1CCCN1C(=O)CNC(=O)[C@H](CCCN=C(N)N)NC(=O)[C@@H]1CCCN1C(=O)CN)C(=O)N[C@@H](CCCN=C(N)N)C(=O)NCC(=O)N[C@@H](CC(=O)O)C(=O)N[C@@H](CCCCN)C(=O)O. The van der Waals surface area contributed by atoms with Crippen LogP contribution in [0.4, 0.5) is 0 Å². The van der Waals surface area contributed by atoms with Crippen molar-refractivity contribution in [2.45, 2.75) is 183 Å². The van der Waals surface area contributed by atoms with E-state index in [2.05, 4.69) is 68.5 Å². The molecule has 3 rings (SSSR count). The van der Waals surface area contributed by atoms with Gasteiger partial charge in [0.2, 0.25) is 88.6 Å². The quantitative estimate of drug-likeness (QED) is 0.0153. The summed E-state index contributed by atoms with van der Waals surface area (Å²) in [6, 6.07) is -13.8. The van der Waals surface area contributed by atoms with Crippen LogP contribution in [0.2, 0.25) is 0 Å². The van der Waals surface area contributed by atoms with Gasteiger partial charge in [0.15, 0.2) is 11.9 Å². The van der Waals surface area contributed by atoms with Gasteiger partial charge in [0.1, 0.15) is 60.4 Å². The number of unbranched alkanes of at least 4 members (excludes halogenated alkanes) is 1. The summed E-state index contributed by atoms with van der Waals surface area (Å²) in [4.78, 5) is 235. The van der Waals surface area contributed by atoms with Crippen LogP contribution in [-0.2, 0) is 81.5 Å². The number of carboxylic acid groups (broad SMARTS) is 2. The fourth-order valence-electron chi connectivity index (χ4n) is 11.4. The number of carbonyl (C=O) groups is 17. The summed E-state index contributed by atoms with van der Waals surface area (Å²) in [5.74, 6) is -17.2. The molecular formula is C61H103N23O20. The number of nitrogens with two attached hydrogens (primary N) is 7. The number of rotatable bonds is 46. The van der Waals surface area contributed by atoms with Gasteiger partial charge in [-0.05, 0) is 102 Å². The summed E-state index contributed by atoms with van der Waals surface area (Å²) in [6.45, 7) is -0.488. The lowest BCUT2D eigenvalue weighted by Gasteiger charge is -2.28. The van der Waals surface area contributed by atoms with Gasteiger partial charge >= 0.3 is 11.9 Å². The van der Waals surface area contributed by atoms with Crippen LogP contribution in [-0.4, -0.2) is 282 Å². The molecule has 0 unspecified atom stereocenters. The maximum absolute atomic E-state index is 14.0. The molecule has 11 atom stereocenters. The van der Waals surface area contributed by atoms with Gasteiger partial charge in [-0.25, -0.2) is 4.79 Å². The summed E-state index contributed by atoms with van der Waals surface area (Å²) in [5, 5.41) is 55.6. The van der Waals surface area contributed by atoms with E-state index in [-0.39, 0.29) is 109 Å². The summed E-state index contributed by atoms with van der Waals surface area (Å²) in [7, 11) is 0. The highest BCUT2D eigenvalue weighted by molar-refractivity contribution is 6.00. The number of hydrogen-bond donors (Lipinski definition) is 21. The Morgan fingerprint density at radius 1 is 0.462 bits per heavy atom. The third-order valence-corrected chi connectivity index (χ3v) is 17.2. The van der Waals surface area contributed by atoms with Crippen LogP contribution in [0.5, 0.6) is 0 Å². The molecule has 28 N–H and O–H groups in total. The molecule has 15 amide bonds. The maximum atomic E-state index is 14.0. The van der Waals surface area contributed by atoms with E-state index >= 15 is 0 Å². The van der Waals surface area contributed by atoms with Gasteiger partial charge in [0.25, 0.3) is 0 Å². The summed E-state index contributed by atoms with van der Waals surface area (Å²) >= 11 is 0. The molecule has 43 heteroatoms. The van der Waals surface area contributed by atoms with Crippen LogP contribution in [0.25, 0.3) is 0 Å². The number of carbonyl (C=O) groups excluding carboxylic acids is 15. The van der Waals surface area contributed by atoms with Crippen molar-refractivity contribution in [2.75, 3.05) is 78.6 Å². The molecule has 0 radical (unpaired) electrons. The lowest BCUT2D eigenvalue weighted by atomic mass is 9.97. The molecule has 3 aliphatic heterocycles.